The minimum Gasteiger partial charge on any atom is -0.488 e. The van der Waals surface area contributed by atoms with Gasteiger partial charge < -0.3 is 19.3 Å². The zero-order valence-electron chi connectivity index (χ0n) is 18.0. The number of aliphatic carboxylic acids is 1. The number of amides is 1. The third-order valence-electron chi connectivity index (χ3n) is 4.05. The predicted molar refractivity (Wildman–Crippen MR) is 123 cm³/mol. The Morgan fingerprint density at radius 2 is 1.91 bits per heavy atom. The molecule has 0 bridgehead atoms. The molecular formula is C22H20F2N2O6S2. The number of carboxylic acid groups (broad SMARTS) is 1. The molecule has 34 heavy (non-hydrogen) atoms. The highest BCUT2D eigenvalue weighted by molar-refractivity contribution is 8.01. The van der Waals surface area contributed by atoms with Gasteiger partial charge in [0.1, 0.15) is 23.4 Å². The van der Waals surface area contributed by atoms with Gasteiger partial charge in [0.05, 0.1) is 22.8 Å². The molecule has 1 atom stereocenters. The van der Waals surface area contributed by atoms with E-state index in [1.54, 1.807) is 6.92 Å². The van der Waals surface area contributed by atoms with E-state index in [9.17, 15) is 18.4 Å². The number of rotatable bonds is 11. The van der Waals surface area contributed by atoms with E-state index in [1.807, 2.05) is 0 Å². The Hall–Kier alpha value is -3.22. The maximum atomic E-state index is 13.6. The molecule has 0 saturated carbocycles. The van der Waals surface area contributed by atoms with Crippen LogP contribution in [0.1, 0.15) is 17.3 Å². The fourth-order valence-electron chi connectivity index (χ4n) is 2.69. The number of ether oxygens (including phenoxy) is 3. The van der Waals surface area contributed by atoms with Gasteiger partial charge in [0.2, 0.25) is 0 Å². The lowest BCUT2D eigenvalue weighted by Crippen LogP contribution is -2.18. The maximum absolute atomic E-state index is 13.6. The van der Waals surface area contributed by atoms with Crippen molar-refractivity contribution in [3.8, 4) is 17.2 Å². The molecule has 1 aromatic heterocycles. The van der Waals surface area contributed by atoms with Crippen molar-refractivity contribution in [1.82, 2.24) is 4.98 Å². The van der Waals surface area contributed by atoms with Crippen molar-refractivity contribution in [2.75, 3.05) is 24.8 Å². The minimum atomic E-state index is -1.07. The van der Waals surface area contributed by atoms with Gasteiger partial charge >= 0.3 is 5.97 Å². The largest absolute Gasteiger partial charge is 0.488 e. The van der Waals surface area contributed by atoms with E-state index in [2.05, 4.69) is 10.3 Å². The fourth-order valence-corrected chi connectivity index (χ4v) is 4.28. The summed E-state index contributed by atoms with van der Waals surface area (Å²) in [5.74, 6) is -3.20. The Balaban J connectivity index is 1.82. The molecule has 0 fully saturated rings. The number of halogens is 2. The van der Waals surface area contributed by atoms with Crippen LogP contribution in [0.15, 0.2) is 46.8 Å². The van der Waals surface area contributed by atoms with Gasteiger partial charge in [0.15, 0.2) is 16.8 Å². The van der Waals surface area contributed by atoms with Crippen LogP contribution in [0, 0.1) is 11.6 Å². The van der Waals surface area contributed by atoms with Gasteiger partial charge in [-0.1, -0.05) is 11.3 Å². The van der Waals surface area contributed by atoms with Gasteiger partial charge in [-0.05, 0) is 31.2 Å². The Bertz CT molecular complexity index is 1170. The molecule has 0 unspecified atom stereocenters. The van der Waals surface area contributed by atoms with E-state index in [1.165, 1.54) is 37.6 Å². The van der Waals surface area contributed by atoms with E-state index >= 15 is 0 Å². The zero-order chi connectivity index (χ0) is 24.7. The second-order valence-electron chi connectivity index (χ2n) is 6.88. The second kappa shape index (κ2) is 11.8. The number of carboxylic acids is 1. The Morgan fingerprint density at radius 1 is 1.15 bits per heavy atom. The van der Waals surface area contributed by atoms with Crippen LogP contribution in [-0.2, 0) is 9.53 Å². The summed E-state index contributed by atoms with van der Waals surface area (Å²) in [7, 11) is 1.53. The molecule has 3 aromatic rings. The highest BCUT2D eigenvalue weighted by Gasteiger charge is 2.15. The molecule has 180 valence electrons. The number of thiazole rings is 1. The smallest absolute Gasteiger partial charge is 0.313 e. The number of methoxy groups -OCH3 is 1. The Kier molecular flexibility index (Phi) is 8.79. The maximum Gasteiger partial charge on any atom is 0.313 e. The molecule has 0 aliphatic heterocycles. The quantitative estimate of drug-likeness (QED) is 0.345. The topological polar surface area (TPSA) is 107 Å². The Labute approximate surface area is 201 Å². The molecule has 0 aliphatic carbocycles. The van der Waals surface area contributed by atoms with Gasteiger partial charge in [-0.15, -0.1) is 11.8 Å². The lowest BCUT2D eigenvalue weighted by atomic mass is 10.2. The first kappa shape index (κ1) is 25.4. The number of anilines is 1. The van der Waals surface area contributed by atoms with Crippen LogP contribution in [-0.4, -0.2) is 47.5 Å². The van der Waals surface area contributed by atoms with Crippen LogP contribution in [0.4, 0.5) is 13.9 Å². The first-order valence-electron chi connectivity index (χ1n) is 9.79. The van der Waals surface area contributed by atoms with Crippen molar-refractivity contribution in [3.63, 3.8) is 0 Å². The lowest BCUT2D eigenvalue weighted by molar-refractivity contribution is -0.133. The fraction of sp³-hybridized carbons (Fsp3) is 0.227. The number of hydrogen-bond donors (Lipinski definition) is 2. The summed E-state index contributed by atoms with van der Waals surface area (Å²) in [4.78, 5) is 27.7. The van der Waals surface area contributed by atoms with Crippen molar-refractivity contribution in [3.05, 3.63) is 59.8 Å². The predicted octanol–water partition coefficient (Wildman–Crippen LogP) is 5.06. The van der Waals surface area contributed by atoms with Gasteiger partial charge in [-0.3, -0.25) is 14.9 Å². The van der Waals surface area contributed by atoms with Gasteiger partial charge in [0.25, 0.3) is 5.91 Å². The number of carbonyl (C=O) groups is 2. The summed E-state index contributed by atoms with van der Waals surface area (Å²) in [6, 6.07) is 7.49. The summed E-state index contributed by atoms with van der Waals surface area (Å²) in [6.45, 7) is 2.07. The summed E-state index contributed by atoms with van der Waals surface area (Å²) < 4.78 is 43.9. The average Bonchev–Trinajstić information content (AvgIpc) is 3.22. The Morgan fingerprint density at radius 3 is 2.62 bits per heavy atom. The van der Waals surface area contributed by atoms with E-state index < -0.39 is 23.5 Å². The second-order valence-corrected chi connectivity index (χ2v) is 9.18. The van der Waals surface area contributed by atoms with Crippen LogP contribution >= 0.6 is 23.1 Å². The van der Waals surface area contributed by atoms with Crippen molar-refractivity contribution in [2.45, 2.75) is 17.2 Å². The third kappa shape index (κ3) is 7.40. The normalized spacial score (nSPS) is 11.6. The highest BCUT2D eigenvalue weighted by atomic mass is 32.2. The number of benzene rings is 2. The monoisotopic (exact) mass is 510 g/mol. The molecule has 0 saturated heterocycles. The van der Waals surface area contributed by atoms with Crippen molar-refractivity contribution >= 4 is 40.1 Å². The molecule has 3 rings (SSSR count). The number of nitrogens with one attached hydrogen (secondary N) is 1. The minimum absolute atomic E-state index is 0.0346. The standard InChI is InChI=1S/C22H20F2N2O6S2/c1-12(10-30-2)31-15-5-13(6-16(7-15)32-14-3-4-17(23)18(24)8-14)21(29)26-22-25-9-20(34-22)33-11-19(27)28/h3-9,12H,10-11H2,1-2H3,(H,27,28)(H,25,26,29)/t12-/m0/s1. The van der Waals surface area contributed by atoms with Gasteiger partial charge in [-0.2, -0.15) is 0 Å². The number of hydrogen-bond acceptors (Lipinski definition) is 8. The third-order valence-corrected chi connectivity index (χ3v) is 6.14. The van der Waals surface area contributed by atoms with Crippen LogP contribution in [0.5, 0.6) is 17.2 Å². The number of aromatic nitrogens is 1. The number of carbonyl (C=O) groups excluding carboxylic acids is 1. The molecule has 0 spiro atoms. The molecule has 2 aromatic carbocycles. The first-order chi connectivity index (χ1) is 16.2. The van der Waals surface area contributed by atoms with Gasteiger partial charge in [0, 0.05) is 24.8 Å². The van der Waals surface area contributed by atoms with Crippen molar-refractivity contribution in [2.24, 2.45) is 0 Å². The van der Waals surface area contributed by atoms with Crippen molar-refractivity contribution in [1.29, 1.82) is 0 Å². The van der Waals surface area contributed by atoms with E-state index in [0.29, 0.717) is 16.6 Å². The molecule has 0 radical (unpaired) electrons. The molecule has 0 aliphatic rings. The summed E-state index contributed by atoms with van der Waals surface area (Å²) in [5.41, 5.74) is 0.162. The summed E-state index contributed by atoms with van der Waals surface area (Å²) in [6.07, 6.45) is 1.13. The van der Waals surface area contributed by atoms with Crippen molar-refractivity contribution < 1.29 is 37.7 Å². The molecule has 12 heteroatoms. The van der Waals surface area contributed by atoms with E-state index in [0.717, 1.165) is 35.2 Å². The molecule has 1 amide bonds. The van der Waals surface area contributed by atoms with Crippen LogP contribution in [0.2, 0.25) is 0 Å². The van der Waals surface area contributed by atoms with Crippen LogP contribution < -0.4 is 14.8 Å². The highest BCUT2D eigenvalue weighted by Crippen LogP contribution is 2.31. The van der Waals surface area contributed by atoms with E-state index in [4.69, 9.17) is 19.3 Å². The summed E-state index contributed by atoms with van der Waals surface area (Å²) in [5, 5.41) is 11.7. The lowest BCUT2D eigenvalue weighted by Gasteiger charge is -2.16. The molecular weight excluding hydrogens is 490 g/mol. The zero-order valence-corrected chi connectivity index (χ0v) is 19.7. The first-order valence-corrected chi connectivity index (χ1v) is 11.6. The van der Waals surface area contributed by atoms with E-state index in [-0.39, 0.29) is 34.1 Å². The summed E-state index contributed by atoms with van der Waals surface area (Å²) >= 11 is 2.22. The molecule has 8 nitrogen and oxygen atoms in total. The number of thioether (sulfide) groups is 1. The van der Waals surface area contributed by atoms with Crippen LogP contribution in [0.25, 0.3) is 0 Å². The van der Waals surface area contributed by atoms with Gasteiger partial charge in [-0.25, -0.2) is 13.8 Å². The number of nitrogens with zero attached hydrogens (tertiary/aromatic N) is 1. The average molecular weight is 511 g/mol. The SMILES string of the molecule is COC[C@H](C)Oc1cc(Oc2ccc(F)c(F)c2)cc(C(=O)Nc2ncc(SCC(=O)O)s2)c1. The molecule has 2 N–H and O–H groups in total. The molecule has 1 heterocycles. The van der Waals surface area contributed by atoms with Crippen LogP contribution in [0.3, 0.4) is 0 Å².